The first-order chi connectivity index (χ1) is 12.0. The Labute approximate surface area is 151 Å². The van der Waals surface area contributed by atoms with Gasteiger partial charge in [0.2, 0.25) is 5.91 Å². The second-order valence-corrected chi connectivity index (χ2v) is 7.76. The predicted octanol–water partition coefficient (Wildman–Crippen LogP) is 2.29. The summed E-state index contributed by atoms with van der Waals surface area (Å²) in [6.45, 7) is 3.36. The molecule has 1 saturated heterocycles. The largest absolute Gasteiger partial charge is 0.456 e. The summed E-state index contributed by atoms with van der Waals surface area (Å²) in [4.78, 5) is 38.9. The fourth-order valence-electron chi connectivity index (χ4n) is 2.93. The summed E-state index contributed by atoms with van der Waals surface area (Å²) in [7, 11) is 0. The fraction of sp³-hybridized carbons (Fsp3) is 0.500. The standard InChI is InChI=1S/C18H22N2O4S/c1-12-6-8-20(9-7-12)16(21)11-24-17(22)10-15-18(23)19-13-4-2-3-5-14(13)25-15/h2-5,12,15H,6-11H2,1H3,(H,19,23)/t15-/m0/s1. The smallest absolute Gasteiger partial charge is 0.307 e. The van der Waals surface area contributed by atoms with E-state index in [0.29, 0.717) is 5.92 Å². The number of benzene rings is 1. The third kappa shape index (κ3) is 4.54. The maximum atomic E-state index is 12.1. The number of hydrogen-bond donors (Lipinski definition) is 1. The molecule has 1 atom stereocenters. The Morgan fingerprint density at radius 2 is 2.00 bits per heavy atom. The maximum Gasteiger partial charge on any atom is 0.307 e. The second-order valence-electron chi connectivity index (χ2n) is 6.52. The Morgan fingerprint density at radius 1 is 1.28 bits per heavy atom. The van der Waals surface area contributed by atoms with E-state index in [4.69, 9.17) is 4.74 Å². The second kappa shape index (κ2) is 7.91. The minimum Gasteiger partial charge on any atom is -0.456 e. The monoisotopic (exact) mass is 362 g/mol. The average Bonchev–Trinajstić information content (AvgIpc) is 2.61. The van der Waals surface area contributed by atoms with Crippen LogP contribution in [0.5, 0.6) is 0 Å². The topological polar surface area (TPSA) is 75.7 Å². The van der Waals surface area contributed by atoms with Crippen LogP contribution in [0.3, 0.4) is 0 Å². The Hall–Kier alpha value is -2.02. The summed E-state index contributed by atoms with van der Waals surface area (Å²) in [6.07, 6.45) is 1.92. The van der Waals surface area contributed by atoms with Gasteiger partial charge in [-0.1, -0.05) is 19.1 Å². The van der Waals surface area contributed by atoms with Crippen LogP contribution in [0.25, 0.3) is 0 Å². The molecule has 1 aromatic rings. The molecule has 134 valence electrons. The van der Waals surface area contributed by atoms with E-state index in [2.05, 4.69) is 12.2 Å². The number of rotatable bonds is 4. The molecule has 0 spiro atoms. The van der Waals surface area contributed by atoms with Crippen molar-refractivity contribution in [1.29, 1.82) is 0 Å². The van der Waals surface area contributed by atoms with Gasteiger partial charge < -0.3 is 15.0 Å². The molecule has 2 aliphatic heterocycles. The minimum atomic E-state index is -0.534. The molecular weight excluding hydrogens is 340 g/mol. The molecule has 0 aromatic heterocycles. The molecular formula is C18H22N2O4S. The lowest BCUT2D eigenvalue weighted by atomic mass is 9.99. The van der Waals surface area contributed by atoms with Gasteiger partial charge in [-0.05, 0) is 30.9 Å². The first-order valence-corrected chi connectivity index (χ1v) is 9.41. The highest BCUT2D eigenvalue weighted by atomic mass is 32.2. The van der Waals surface area contributed by atoms with Crippen molar-refractivity contribution in [2.45, 2.75) is 36.3 Å². The zero-order valence-corrected chi connectivity index (χ0v) is 15.0. The van der Waals surface area contributed by atoms with E-state index in [1.165, 1.54) is 11.8 Å². The normalized spacial score (nSPS) is 20.6. The molecule has 25 heavy (non-hydrogen) atoms. The van der Waals surface area contributed by atoms with Gasteiger partial charge in [0.1, 0.15) is 0 Å². The molecule has 2 amide bonds. The number of ether oxygens (including phenoxy) is 1. The van der Waals surface area contributed by atoms with Crippen molar-refractivity contribution in [3.8, 4) is 0 Å². The van der Waals surface area contributed by atoms with E-state index in [9.17, 15) is 14.4 Å². The van der Waals surface area contributed by atoms with Crippen LogP contribution in [-0.4, -0.2) is 47.6 Å². The van der Waals surface area contributed by atoms with Gasteiger partial charge in [-0.3, -0.25) is 14.4 Å². The lowest BCUT2D eigenvalue weighted by Crippen LogP contribution is -2.40. The van der Waals surface area contributed by atoms with Gasteiger partial charge in [0, 0.05) is 18.0 Å². The number of amides is 2. The van der Waals surface area contributed by atoms with Gasteiger partial charge >= 0.3 is 5.97 Å². The number of likely N-dealkylation sites (tertiary alicyclic amines) is 1. The maximum absolute atomic E-state index is 12.1. The molecule has 1 fully saturated rings. The number of esters is 1. The number of fused-ring (bicyclic) bond motifs is 1. The summed E-state index contributed by atoms with van der Waals surface area (Å²) in [5, 5.41) is 2.26. The molecule has 0 unspecified atom stereocenters. The number of nitrogens with zero attached hydrogens (tertiary/aromatic N) is 1. The highest BCUT2D eigenvalue weighted by molar-refractivity contribution is 8.01. The molecule has 6 nitrogen and oxygen atoms in total. The van der Waals surface area contributed by atoms with Gasteiger partial charge in [0.15, 0.2) is 6.61 Å². The molecule has 3 rings (SSSR count). The van der Waals surface area contributed by atoms with Crippen molar-refractivity contribution >= 4 is 35.2 Å². The van der Waals surface area contributed by atoms with Gasteiger partial charge in [0.05, 0.1) is 17.4 Å². The molecule has 0 aliphatic carbocycles. The van der Waals surface area contributed by atoms with E-state index in [0.717, 1.165) is 36.5 Å². The molecule has 7 heteroatoms. The highest BCUT2D eigenvalue weighted by Crippen LogP contribution is 2.36. The molecule has 1 N–H and O–H groups in total. The quantitative estimate of drug-likeness (QED) is 0.832. The van der Waals surface area contributed by atoms with Crippen molar-refractivity contribution in [3.05, 3.63) is 24.3 Å². The number of thioether (sulfide) groups is 1. The zero-order valence-electron chi connectivity index (χ0n) is 14.2. The Morgan fingerprint density at radius 3 is 2.76 bits per heavy atom. The van der Waals surface area contributed by atoms with Crippen LogP contribution in [0, 0.1) is 5.92 Å². The van der Waals surface area contributed by atoms with E-state index >= 15 is 0 Å². The number of anilines is 1. The Bertz CT molecular complexity index is 671. The van der Waals surface area contributed by atoms with Gasteiger partial charge in [0.25, 0.3) is 5.91 Å². The highest BCUT2D eigenvalue weighted by Gasteiger charge is 2.30. The first-order valence-electron chi connectivity index (χ1n) is 8.53. The number of piperidine rings is 1. The van der Waals surface area contributed by atoms with Gasteiger partial charge in [-0.15, -0.1) is 11.8 Å². The first kappa shape index (κ1) is 17.8. The Kier molecular flexibility index (Phi) is 5.63. The van der Waals surface area contributed by atoms with Gasteiger partial charge in [-0.25, -0.2) is 0 Å². The van der Waals surface area contributed by atoms with Crippen LogP contribution >= 0.6 is 11.8 Å². The SMILES string of the molecule is CC1CCN(C(=O)COC(=O)C[C@@H]2Sc3ccccc3NC2=O)CC1. The van der Waals surface area contributed by atoms with Crippen molar-refractivity contribution < 1.29 is 19.1 Å². The van der Waals surface area contributed by atoms with Crippen molar-refractivity contribution in [1.82, 2.24) is 4.90 Å². The fourth-order valence-corrected chi connectivity index (χ4v) is 4.02. The number of nitrogens with one attached hydrogen (secondary N) is 1. The molecule has 2 heterocycles. The number of para-hydroxylation sites is 1. The molecule has 2 aliphatic rings. The predicted molar refractivity (Wildman–Crippen MR) is 95.3 cm³/mol. The van der Waals surface area contributed by atoms with E-state index in [-0.39, 0.29) is 24.8 Å². The van der Waals surface area contributed by atoms with Crippen LogP contribution in [0.1, 0.15) is 26.2 Å². The van der Waals surface area contributed by atoms with Crippen LogP contribution in [0.2, 0.25) is 0 Å². The van der Waals surface area contributed by atoms with E-state index in [1.54, 1.807) is 4.90 Å². The summed E-state index contributed by atoms with van der Waals surface area (Å²) < 4.78 is 5.10. The van der Waals surface area contributed by atoms with E-state index < -0.39 is 11.2 Å². The molecule has 0 saturated carbocycles. The molecule has 0 radical (unpaired) electrons. The lowest BCUT2D eigenvalue weighted by Gasteiger charge is -2.30. The third-order valence-corrected chi connectivity index (χ3v) is 5.83. The minimum absolute atomic E-state index is 0.0465. The number of hydrogen-bond acceptors (Lipinski definition) is 5. The Balaban J connectivity index is 1.46. The molecule has 1 aromatic carbocycles. The van der Waals surface area contributed by atoms with Crippen LogP contribution in [0.15, 0.2) is 29.2 Å². The van der Waals surface area contributed by atoms with Crippen LogP contribution < -0.4 is 5.32 Å². The van der Waals surface area contributed by atoms with Crippen molar-refractivity contribution in [2.24, 2.45) is 5.92 Å². The van der Waals surface area contributed by atoms with Gasteiger partial charge in [-0.2, -0.15) is 0 Å². The van der Waals surface area contributed by atoms with Crippen molar-refractivity contribution in [2.75, 3.05) is 25.0 Å². The van der Waals surface area contributed by atoms with Crippen LogP contribution in [0.4, 0.5) is 5.69 Å². The number of carbonyl (C=O) groups excluding carboxylic acids is 3. The van der Waals surface area contributed by atoms with Crippen molar-refractivity contribution in [3.63, 3.8) is 0 Å². The lowest BCUT2D eigenvalue weighted by molar-refractivity contribution is -0.152. The summed E-state index contributed by atoms with van der Waals surface area (Å²) in [6, 6.07) is 7.46. The van der Waals surface area contributed by atoms with Crippen LogP contribution in [-0.2, 0) is 19.1 Å². The molecule has 0 bridgehead atoms. The van der Waals surface area contributed by atoms with E-state index in [1.807, 2.05) is 24.3 Å². The zero-order chi connectivity index (χ0) is 17.8. The summed E-state index contributed by atoms with van der Waals surface area (Å²) in [5.74, 6) is -0.259. The summed E-state index contributed by atoms with van der Waals surface area (Å²) in [5.41, 5.74) is 0.761. The average molecular weight is 362 g/mol. The third-order valence-electron chi connectivity index (χ3n) is 4.55. The summed E-state index contributed by atoms with van der Waals surface area (Å²) >= 11 is 1.35. The number of carbonyl (C=O) groups is 3.